The van der Waals surface area contributed by atoms with E-state index in [1.807, 2.05) is 0 Å². The van der Waals surface area contributed by atoms with Crippen LogP contribution in [0, 0.1) is 0 Å². The van der Waals surface area contributed by atoms with Gasteiger partial charge in [0.25, 0.3) is 0 Å². The molecule has 6 nitrogen and oxygen atoms in total. The number of fused-ring (bicyclic) bond motifs is 4. The van der Waals surface area contributed by atoms with Crippen molar-refractivity contribution >= 4 is 5.57 Å². The van der Waals surface area contributed by atoms with Gasteiger partial charge in [-0.15, -0.1) is 0 Å². The zero-order chi connectivity index (χ0) is 26.9. The highest BCUT2D eigenvalue weighted by Crippen LogP contribution is 2.47. The SMILES string of the molecule is COc1cc2c(cc1OC)[C@H](CC1=C(c3ccccc3)CN3CCc4cc(OC)c(OC)cc4[C@@H]3C1)NCC2. The van der Waals surface area contributed by atoms with Crippen LogP contribution in [0.3, 0.4) is 0 Å². The molecule has 3 aromatic carbocycles. The molecule has 0 unspecified atom stereocenters. The molecule has 3 aliphatic heterocycles. The molecular weight excluding hydrogens is 488 g/mol. The highest BCUT2D eigenvalue weighted by molar-refractivity contribution is 5.72. The van der Waals surface area contributed by atoms with Crippen LogP contribution in [0.5, 0.6) is 23.0 Å². The van der Waals surface area contributed by atoms with Crippen LogP contribution in [0.25, 0.3) is 5.57 Å². The van der Waals surface area contributed by atoms with Crippen LogP contribution >= 0.6 is 0 Å². The zero-order valence-electron chi connectivity index (χ0n) is 23.4. The Balaban J connectivity index is 1.40. The van der Waals surface area contributed by atoms with Crippen molar-refractivity contribution in [3.05, 3.63) is 88.0 Å². The number of hydrogen-bond donors (Lipinski definition) is 1. The quantitative estimate of drug-likeness (QED) is 0.423. The lowest BCUT2D eigenvalue weighted by Crippen LogP contribution is -2.40. The molecule has 6 heteroatoms. The van der Waals surface area contributed by atoms with Crippen LogP contribution in [-0.4, -0.2) is 53.0 Å². The lowest BCUT2D eigenvalue weighted by molar-refractivity contribution is 0.194. The molecule has 0 saturated heterocycles. The van der Waals surface area contributed by atoms with Crippen LogP contribution in [-0.2, 0) is 12.8 Å². The predicted octanol–water partition coefficient (Wildman–Crippen LogP) is 5.75. The molecule has 0 aromatic heterocycles. The summed E-state index contributed by atoms with van der Waals surface area (Å²) in [5, 5.41) is 3.83. The highest BCUT2D eigenvalue weighted by atomic mass is 16.5. The first-order chi connectivity index (χ1) is 19.1. The summed E-state index contributed by atoms with van der Waals surface area (Å²) in [6, 6.07) is 20.2. The summed E-state index contributed by atoms with van der Waals surface area (Å²) in [5.74, 6) is 3.21. The number of benzene rings is 3. The van der Waals surface area contributed by atoms with Gasteiger partial charge in [0.15, 0.2) is 23.0 Å². The Bertz CT molecular complexity index is 1380. The Labute approximate surface area is 231 Å². The molecule has 0 spiro atoms. The standard InChI is InChI=1S/C33H38N2O4/c1-36-30-16-22-10-12-34-28(25(22)18-32(30)38-3)14-24-15-29-26-19-33(39-4)31(37-2)17-23(26)11-13-35(29)20-27(24)21-8-6-5-7-9-21/h5-9,16-19,28-29,34H,10-15,20H2,1-4H3/t28-,29-/m0/s1. The molecule has 0 saturated carbocycles. The van der Waals surface area contributed by atoms with E-state index in [1.165, 1.54) is 39.0 Å². The minimum Gasteiger partial charge on any atom is -0.493 e. The monoisotopic (exact) mass is 526 g/mol. The van der Waals surface area contributed by atoms with E-state index in [0.29, 0.717) is 6.04 Å². The Hall–Kier alpha value is -3.48. The summed E-state index contributed by atoms with van der Waals surface area (Å²) in [6.45, 7) is 2.94. The van der Waals surface area contributed by atoms with E-state index in [9.17, 15) is 0 Å². The van der Waals surface area contributed by atoms with Crippen molar-refractivity contribution < 1.29 is 18.9 Å². The molecule has 2 atom stereocenters. The van der Waals surface area contributed by atoms with Gasteiger partial charge in [0, 0.05) is 25.2 Å². The Morgan fingerprint density at radius 3 is 2.05 bits per heavy atom. The third kappa shape index (κ3) is 4.77. The van der Waals surface area contributed by atoms with Crippen molar-refractivity contribution in [2.45, 2.75) is 37.8 Å². The second-order valence-corrected chi connectivity index (χ2v) is 10.7. The molecule has 0 bridgehead atoms. The summed E-state index contributed by atoms with van der Waals surface area (Å²) in [6.07, 6.45) is 3.96. The van der Waals surface area contributed by atoms with Gasteiger partial charge in [-0.3, -0.25) is 4.90 Å². The fraction of sp³-hybridized carbons (Fsp3) is 0.394. The molecule has 0 aliphatic carbocycles. The summed E-state index contributed by atoms with van der Waals surface area (Å²) >= 11 is 0. The molecule has 0 fully saturated rings. The molecule has 3 heterocycles. The number of methoxy groups -OCH3 is 4. The van der Waals surface area contributed by atoms with Gasteiger partial charge in [0.05, 0.1) is 28.4 Å². The maximum Gasteiger partial charge on any atom is 0.161 e. The molecule has 0 radical (unpaired) electrons. The number of nitrogens with one attached hydrogen (secondary N) is 1. The molecule has 6 rings (SSSR count). The van der Waals surface area contributed by atoms with Gasteiger partial charge in [-0.25, -0.2) is 0 Å². The summed E-state index contributed by atoms with van der Waals surface area (Å²) < 4.78 is 22.6. The highest BCUT2D eigenvalue weighted by Gasteiger charge is 2.36. The van der Waals surface area contributed by atoms with E-state index in [1.54, 1.807) is 28.4 Å². The van der Waals surface area contributed by atoms with E-state index in [-0.39, 0.29) is 6.04 Å². The third-order valence-corrected chi connectivity index (χ3v) is 8.72. The van der Waals surface area contributed by atoms with Gasteiger partial charge >= 0.3 is 0 Å². The molecule has 204 valence electrons. The lowest BCUT2D eigenvalue weighted by Gasteiger charge is -2.43. The van der Waals surface area contributed by atoms with Crippen molar-refractivity contribution in [3.8, 4) is 23.0 Å². The van der Waals surface area contributed by atoms with Gasteiger partial charge in [0.1, 0.15) is 0 Å². The van der Waals surface area contributed by atoms with Gasteiger partial charge in [-0.05, 0) is 89.9 Å². The van der Waals surface area contributed by atoms with Crippen molar-refractivity contribution in [3.63, 3.8) is 0 Å². The van der Waals surface area contributed by atoms with E-state index in [4.69, 9.17) is 18.9 Å². The topological polar surface area (TPSA) is 52.2 Å². The van der Waals surface area contributed by atoms with Crippen LogP contribution in [0.15, 0.2) is 60.2 Å². The molecule has 3 aliphatic rings. The number of rotatable bonds is 7. The maximum atomic E-state index is 5.71. The summed E-state index contributed by atoms with van der Waals surface area (Å²) in [5.41, 5.74) is 9.70. The zero-order valence-corrected chi connectivity index (χ0v) is 23.4. The number of nitrogens with zero attached hydrogens (tertiary/aromatic N) is 1. The van der Waals surface area contributed by atoms with Crippen LogP contribution in [0.4, 0.5) is 0 Å². The average molecular weight is 527 g/mol. The van der Waals surface area contributed by atoms with Crippen molar-refractivity contribution in [1.29, 1.82) is 0 Å². The van der Waals surface area contributed by atoms with Gasteiger partial charge < -0.3 is 24.3 Å². The van der Waals surface area contributed by atoms with Crippen molar-refractivity contribution in [2.24, 2.45) is 0 Å². The van der Waals surface area contributed by atoms with Crippen LogP contribution in [0.2, 0.25) is 0 Å². The fourth-order valence-electron chi connectivity index (χ4n) is 6.72. The second-order valence-electron chi connectivity index (χ2n) is 10.7. The lowest BCUT2D eigenvalue weighted by atomic mass is 9.79. The van der Waals surface area contributed by atoms with Crippen molar-refractivity contribution in [1.82, 2.24) is 10.2 Å². The average Bonchev–Trinajstić information content (AvgIpc) is 2.99. The van der Waals surface area contributed by atoms with E-state index < -0.39 is 0 Å². The first kappa shape index (κ1) is 25.8. The first-order valence-corrected chi connectivity index (χ1v) is 13.9. The van der Waals surface area contributed by atoms with Gasteiger partial charge in [-0.2, -0.15) is 0 Å². The predicted molar refractivity (Wildman–Crippen MR) is 154 cm³/mol. The Morgan fingerprint density at radius 1 is 0.769 bits per heavy atom. The van der Waals surface area contributed by atoms with Crippen LogP contribution in [0.1, 0.15) is 52.7 Å². The molecule has 3 aromatic rings. The van der Waals surface area contributed by atoms with E-state index in [2.05, 4.69) is 64.8 Å². The van der Waals surface area contributed by atoms with E-state index in [0.717, 1.165) is 68.3 Å². The van der Waals surface area contributed by atoms with Gasteiger partial charge in [0.2, 0.25) is 0 Å². The third-order valence-electron chi connectivity index (χ3n) is 8.72. The molecule has 39 heavy (non-hydrogen) atoms. The van der Waals surface area contributed by atoms with Crippen molar-refractivity contribution in [2.75, 3.05) is 48.1 Å². The molecular formula is C33H38N2O4. The number of ether oxygens (including phenoxy) is 4. The minimum absolute atomic E-state index is 0.224. The molecule has 1 N–H and O–H groups in total. The summed E-state index contributed by atoms with van der Waals surface area (Å²) in [7, 11) is 6.86. The first-order valence-electron chi connectivity index (χ1n) is 13.9. The van der Waals surface area contributed by atoms with Gasteiger partial charge in [-0.1, -0.05) is 35.9 Å². The Morgan fingerprint density at radius 2 is 1.38 bits per heavy atom. The smallest absolute Gasteiger partial charge is 0.161 e. The van der Waals surface area contributed by atoms with Crippen LogP contribution < -0.4 is 24.3 Å². The number of hydrogen-bond acceptors (Lipinski definition) is 6. The maximum absolute atomic E-state index is 5.71. The second kappa shape index (κ2) is 10.9. The Kier molecular flexibility index (Phi) is 7.24. The normalized spacial score (nSPS) is 20.5. The van der Waals surface area contributed by atoms with E-state index >= 15 is 0 Å². The summed E-state index contributed by atoms with van der Waals surface area (Å²) in [4.78, 5) is 2.65. The molecule has 0 amide bonds. The fourth-order valence-corrected chi connectivity index (χ4v) is 6.72. The minimum atomic E-state index is 0.224. The largest absolute Gasteiger partial charge is 0.493 e.